The highest BCUT2D eigenvalue weighted by molar-refractivity contribution is 8.00. The van der Waals surface area contributed by atoms with Gasteiger partial charge in [0.25, 0.3) is 0 Å². The minimum absolute atomic E-state index is 0.659. The third-order valence-electron chi connectivity index (χ3n) is 2.43. The number of thioether (sulfide) groups is 1. The molecule has 1 aliphatic rings. The molecule has 1 fully saturated rings. The van der Waals surface area contributed by atoms with E-state index in [2.05, 4.69) is 24.4 Å². The van der Waals surface area contributed by atoms with Crippen LogP contribution >= 0.6 is 11.8 Å². The zero-order valence-corrected chi connectivity index (χ0v) is 9.36. The Morgan fingerprint density at radius 3 is 2.71 bits per heavy atom. The van der Waals surface area contributed by atoms with Crippen molar-refractivity contribution in [1.82, 2.24) is 0 Å². The number of hydrogen-bond acceptors (Lipinski definition) is 3. The summed E-state index contributed by atoms with van der Waals surface area (Å²) in [5.74, 6) is 3.38. The van der Waals surface area contributed by atoms with Crippen molar-refractivity contribution in [3.63, 3.8) is 0 Å². The van der Waals surface area contributed by atoms with Crippen LogP contribution in [-0.4, -0.2) is 24.7 Å². The molecule has 0 aromatic heterocycles. The minimum Gasteiger partial charge on any atom is -0.497 e. The third kappa shape index (κ3) is 1.98. The number of methoxy groups -OCH3 is 1. The molecule has 0 unspecified atom stereocenters. The van der Waals surface area contributed by atoms with Crippen molar-refractivity contribution in [1.29, 1.82) is 0 Å². The first kappa shape index (κ1) is 9.71. The summed E-state index contributed by atoms with van der Waals surface area (Å²) in [6.07, 6.45) is 0. The summed E-state index contributed by atoms with van der Waals surface area (Å²) in [5, 5.41) is 3.52. The van der Waals surface area contributed by atoms with Crippen LogP contribution in [0.4, 0.5) is 5.69 Å². The number of rotatable bonds is 3. The van der Waals surface area contributed by atoms with E-state index in [0.717, 1.165) is 5.75 Å². The lowest BCUT2D eigenvalue weighted by atomic mass is 10.1. The average Bonchev–Trinajstić information content (AvgIpc) is 2.13. The van der Waals surface area contributed by atoms with Gasteiger partial charge in [-0.25, -0.2) is 0 Å². The van der Waals surface area contributed by atoms with Gasteiger partial charge in [0.1, 0.15) is 5.75 Å². The molecule has 0 aliphatic carbocycles. The van der Waals surface area contributed by atoms with Crippen LogP contribution in [0.3, 0.4) is 0 Å². The maximum Gasteiger partial charge on any atom is 0.119 e. The molecule has 0 bridgehead atoms. The molecule has 76 valence electrons. The molecule has 14 heavy (non-hydrogen) atoms. The van der Waals surface area contributed by atoms with Crippen molar-refractivity contribution < 1.29 is 4.74 Å². The Hall–Kier alpha value is -0.830. The Balaban J connectivity index is 2.09. The second-order valence-corrected chi connectivity index (χ2v) is 4.63. The maximum atomic E-state index is 5.16. The molecule has 2 rings (SSSR count). The smallest absolute Gasteiger partial charge is 0.119 e. The second kappa shape index (κ2) is 4.13. The Morgan fingerprint density at radius 1 is 1.43 bits per heavy atom. The Morgan fingerprint density at radius 2 is 2.21 bits per heavy atom. The average molecular weight is 209 g/mol. The summed E-state index contributed by atoms with van der Waals surface area (Å²) in [6, 6.07) is 6.82. The number of aryl methyl sites for hydroxylation is 1. The standard InChI is InChI=1S/C11H15NOS/c1-8-5-10(13-2)3-4-11(8)12-9-6-14-7-9/h3-5,9,12H,6-7H2,1-2H3. The quantitative estimate of drug-likeness (QED) is 0.826. The molecular weight excluding hydrogens is 194 g/mol. The largest absolute Gasteiger partial charge is 0.497 e. The minimum atomic E-state index is 0.659. The first-order valence-corrected chi connectivity index (χ1v) is 5.94. The van der Waals surface area contributed by atoms with Crippen LogP contribution in [0.15, 0.2) is 18.2 Å². The van der Waals surface area contributed by atoms with Gasteiger partial charge in [-0.3, -0.25) is 0 Å². The van der Waals surface area contributed by atoms with Gasteiger partial charge in [0.15, 0.2) is 0 Å². The zero-order valence-electron chi connectivity index (χ0n) is 8.54. The van der Waals surface area contributed by atoms with Crippen LogP contribution in [0.5, 0.6) is 5.75 Å². The Bertz CT molecular complexity index is 323. The van der Waals surface area contributed by atoms with Gasteiger partial charge in [-0.1, -0.05) is 0 Å². The van der Waals surface area contributed by atoms with E-state index in [9.17, 15) is 0 Å². The van der Waals surface area contributed by atoms with E-state index in [1.54, 1.807) is 7.11 Å². The SMILES string of the molecule is COc1ccc(NC2CSC2)c(C)c1. The van der Waals surface area contributed by atoms with Crippen LogP contribution in [-0.2, 0) is 0 Å². The van der Waals surface area contributed by atoms with Gasteiger partial charge in [0.05, 0.1) is 7.11 Å². The predicted octanol–water partition coefficient (Wildman–Crippen LogP) is 2.53. The molecule has 1 heterocycles. The molecule has 0 radical (unpaired) electrons. The fourth-order valence-electron chi connectivity index (χ4n) is 1.46. The van der Waals surface area contributed by atoms with E-state index >= 15 is 0 Å². The summed E-state index contributed by atoms with van der Waals surface area (Å²) in [7, 11) is 1.70. The van der Waals surface area contributed by atoms with Crippen molar-refractivity contribution >= 4 is 17.4 Å². The second-order valence-electron chi connectivity index (χ2n) is 3.56. The van der Waals surface area contributed by atoms with E-state index in [1.807, 2.05) is 17.8 Å². The van der Waals surface area contributed by atoms with E-state index in [-0.39, 0.29) is 0 Å². The van der Waals surface area contributed by atoms with Crippen LogP contribution in [0.25, 0.3) is 0 Å². The summed E-state index contributed by atoms with van der Waals surface area (Å²) in [6.45, 7) is 2.11. The molecule has 0 atom stereocenters. The molecule has 1 aromatic carbocycles. The number of hydrogen-bond donors (Lipinski definition) is 1. The van der Waals surface area contributed by atoms with E-state index in [0.29, 0.717) is 6.04 Å². The summed E-state index contributed by atoms with van der Waals surface area (Å²) < 4.78 is 5.16. The summed E-state index contributed by atoms with van der Waals surface area (Å²) in [5.41, 5.74) is 2.48. The van der Waals surface area contributed by atoms with E-state index < -0.39 is 0 Å². The molecule has 0 amide bonds. The zero-order chi connectivity index (χ0) is 9.97. The monoisotopic (exact) mass is 209 g/mol. The predicted molar refractivity (Wildman–Crippen MR) is 62.5 cm³/mol. The normalized spacial score (nSPS) is 16.1. The molecule has 1 N–H and O–H groups in total. The van der Waals surface area contributed by atoms with E-state index in [1.165, 1.54) is 22.8 Å². The van der Waals surface area contributed by atoms with Gasteiger partial charge < -0.3 is 10.1 Å². The highest BCUT2D eigenvalue weighted by Crippen LogP contribution is 2.26. The molecule has 1 aliphatic heterocycles. The van der Waals surface area contributed by atoms with Crippen LogP contribution in [0.2, 0.25) is 0 Å². The van der Waals surface area contributed by atoms with Crippen molar-refractivity contribution in [3.8, 4) is 5.75 Å². The highest BCUT2D eigenvalue weighted by atomic mass is 32.2. The highest BCUT2D eigenvalue weighted by Gasteiger charge is 2.17. The third-order valence-corrected chi connectivity index (χ3v) is 3.71. The lowest BCUT2D eigenvalue weighted by Crippen LogP contribution is -2.33. The fourth-order valence-corrected chi connectivity index (χ4v) is 2.10. The van der Waals surface area contributed by atoms with Crippen molar-refractivity contribution in [2.24, 2.45) is 0 Å². The topological polar surface area (TPSA) is 21.3 Å². The van der Waals surface area contributed by atoms with Gasteiger partial charge in [-0.05, 0) is 30.7 Å². The number of benzene rings is 1. The van der Waals surface area contributed by atoms with Crippen LogP contribution in [0, 0.1) is 6.92 Å². The van der Waals surface area contributed by atoms with Crippen LogP contribution < -0.4 is 10.1 Å². The van der Waals surface area contributed by atoms with Crippen molar-refractivity contribution in [2.45, 2.75) is 13.0 Å². The number of ether oxygens (including phenoxy) is 1. The van der Waals surface area contributed by atoms with Gasteiger partial charge in [-0.15, -0.1) is 0 Å². The summed E-state index contributed by atoms with van der Waals surface area (Å²) >= 11 is 1.99. The van der Waals surface area contributed by atoms with Gasteiger partial charge in [0, 0.05) is 23.2 Å². The molecule has 2 nitrogen and oxygen atoms in total. The lowest BCUT2D eigenvalue weighted by molar-refractivity contribution is 0.414. The number of nitrogens with one attached hydrogen (secondary N) is 1. The molecule has 0 saturated carbocycles. The van der Waals surface area contributed by atoms with Crippen molar-refractivity contribution in [2.75, 3.05) is 23.9 Å². The van der Waals surface area contributed by atoms with Crippen LogP contribution in [0.1, 0.15) is 5.56 Å². The molecule has 1 saturated heterocycles. The fraction of sp³-hybridized carbons (Fsp3) is 0.455. The Kier molecular flexibility index (Phi) is 2.87. The first-order valence-electron chi connectivity index (χ1n) is 4.78. The van der Waals surface area contributed by atoms with E-state index in [4.69, 9.17) is 4.74 Å². The van der Waals surface area contributed by atoms with Gasteiger partial charge in [-0.2, -0.15) is 11.8 Å². The Labute approximate surface area is 89.0 Å². The first-order chi connectivity index (χ1) is 6.79. The number of anilines is 1. The lowest BCUT2D eigenvalue weighted by Gasteiger charge is -2.27. The molecule has 0 spiro atoms. The molecule has 1 aromatic rings. The van der Waals surface area contributed by atoms with Gasteiger partial charge in [0.2, 0.25) is 0 Å². The van der Waals surface area contributed by atoms with Crippen molar-refractivity contribution in [3.05, 3.63) is 23.8 Å². The summed E-state index contributed by atoms with van der Waals surface area (Å²) in [4.78, 5) is 0. The van der Waals surface area contributed by atoms with Gasteiger partial charge >= 0.3 is 0 Å². The molecular formula is C11H15NOS. The molecule has 3 heteroatoms. The maximum absolute atomic E-state index is 5.16.